The van der Waals surface area contributed by atoms with Gasteiger partial charge < -0.3 is 4.98 Å². The second kappa shape index (κ2) is 6.94. The summed E-state index contributed by atoms with van der Waals surface area (Å²) < 4.78 is 0. The summed E-state index contributed by atoms with van der Waals surface area (Å²) >= 11 is 5.97. The molecule has 126 valence electrons. The summed E-state index contributed by atoms with van der Waals surface area (Å²) in [7, 11) is 0. The molecule has 0 saturated carbocycles. The minimum Gasteiger partial charge on any atom is -0.337 e. The van der Waals surface area contributed by atoms with E-state index >= 15 is 0 Å². The summed E-state index contributed by atoms with van der Waals surface area (Å²) in [5.41, 5.74) is 3.36. The lowest BCUT2D eigenvalue weighted by Crippen LogP contribution is -2.03. The van der Waals surface area contributed by atoms with Crippen LogP contribution in [0.1, 0.15) is 16.1 Å². The molecule has 4 nitrogen and oxygen atoms in total. The number of hydrogen-bond donors (Lipinski definition) is 1. The fourth-order valence-electron chi connectivity index (χ4n) is 2.74. The highest BCUT2D eigenvalue weighted by atomic mass is 35.5. The van der Waals surface area contributed by atoms with Crippen LogP contribution in [0.4, 0.5) is 0 Å². The second-order valence-corrected chi connectivity index (χ2v) is 6.18. The molecule has 2 aromatic carbocycles. The number of H-pyrrole nitrogens is 1. The zero-order chi connectivity index (χ0) is 17.9. The molecule has 0 saturated heterocycles. The third-order valence-corrected chi connectivity index (χ3v) is 4.29. The lowest BCUT2D eigenvalue weighted by Gasteiger charge is -2.02. The Bertz CT molecular complexity index is 1040. The van der Waals surface area contributed by atoms with Gasteiger partial charge in [-0.2, -0.15) is 0 Å². The fraction of sp³-hybridized carbons (Fsp3) is 0. The molecule has 5 heteroatoms. The van der Waals surface area contributed by atoms with Gasteiger partial charge in [-0.1, -0.05) is 41.9 Å². The number of benzene rings is 2. The number of nitrogens with zero attached hydrogens (tertiary/aromatic N) is 2. The van der Waals surface area contributed by atoms with Crippen LogP contribution in [0.3, 0.4) is 0 Å². The van der Waals surface area contributed by atoms with Crippen molar-refractivity contribution < 1.29 is 4.79 Å². The molecule has 0 spiro atoms. The third-order valence-electron chi connectivity index (χ3n) is 4.04. The number of rotatable bonds is 4. The number of aromatic nitrogens is 3. The van der Waals surface area contributed by atoms with E-state index in [1.54, 1.807) is 36.7 Å². The molecule has 0 unspecified atom stereocenters. The monoisotopic (exact) mass is 359 g/mol. The molecule has 0 aliphatic rings. The van der Waals surface area contributed by atoms with E-state index in [0.29, 0.717) is 27.8 Å². The topological polar surface area (TPSA) is 58.6 Å². The summed E-state index contributed by atoms with van der Waals surface area (Å²) in [4.78, 5) is 24.9. The van der Waals surface area contributed by atoms with Crippen LogP contribution >= 0.6 is 11.6 Å². The summed E-state index contributed by atoms with van der Waals surface area (Å²) in [5.74, 6) is 0.488. The highest BCUT2D eigenvalue weighted by Gasteiger charge is 2.20. The maximum atomic E-state index is 13.0. The second-order valence-electron chi connectivity index (χ2n) is 5.75. The first-order valence-electron chi connectivity index (χ1n) is 8.08. The van der Waals surface area contributed by atoms with Gasteiger partial charge in [-0.25, -0.2) is 4.98 Å². The highest BCUT2D eigenvalue weighted by molar-refractivity contribution is 6.30. The number of carbonyl (C=O) groups is 1. The molecule has 0 radical (unpaired) electrons. The molecule has 2 heterocycles. The van der Waals surface area contributed by atoms with Crippen LogP contribution < -0.4 is 0 Å². The van der Waals surface area contributed by atoms with E-state index in [-0.39, 0.29) is 5.78 Å². The number of imidazole rings is 1. The van der Waals surface area contributed by atoms with Crippen LogP contribution in [-0.2, 0) is 0 Å². The van der Waals surface area contributed by atoms with E-state index in [0.717, 1.165) is 11.1 Å². The van der Waals surface area contributed by atoms with Crippen molar-refractivity contribution in [2.24, 2.45) is 0 Å². The van der Waals surface area contributed by atoms with Gasteiger partial charge in [0.1, 0.15) is 11.5 Å². The first-order valence-corrected chi connectivity index (χ1v) is 8.46. The molecular weight excluding hydrogens is 346 g/mol. The zero-order valence-corrected chi connectivity index (χ0v) is 14.4. The molecule has 2 aromatic heterocycles. The number of halogens is 1. The fourth-order valence-corrected chi connectivity index (χ4v) is 2.86. The van der Waals surface area contributed by atoms with Gasteiger partial charge in [0.2, 0.25) is 5.78 Å². The van der Waals surface area contributed by atoms with Crippen molar-refractivity contribution in [2.45, 2.75) is 0 Å². The van der Waals surface area contributed by atoms with E-state index < -0.39 is 0 Å². The summed E-state index contributed by atoms with van der Waals surface area (Å²) in [6.07, 6.45) is 3.38. The average molecular weight is 360 g/mol. The Morgan fingerprint density at radius 2 is 1.54 bits per heavy atom. The Kier molecular flexibility index (Phi) is 4.33. The molecule has 0 amide bonds. The zero-order valence-electron chi connectivity index (χ0n) is 13.7. The minimum atomic E-state index is -0.131. The largest absolute Gasteiger partial charge is 0.337 e. The Morgan fingerprint density at radius 3 is 2.23 bits per heavy atom. The Hall–Kier alpha value is -3.24. The molecule has 0 bridgehead atoms. The molecule has 26 heavy (non-hydrogen) atoms. The predicted octanol–water partition coefficient (Wildman–Crippen LogP) is 5.02. The quantitative estimate of drug-likeness (QED) is 0.520. The number of ketones is 1. The lowest BCUT2D eigenvalue weighted by molar-refractivity contribution is 0.103. The number of nitrogens with one attached hydrogen (secondary N) is 1. The third kappa shape index (κ3) is 3.15. The van der Waals surface area contributed by atoms with Gasteiger partial charge in [0, 0.05) is 34.1 Å². The first kappa shape index (κ1) is 16.2. The van der Waals surface area contributed by atoms with E-state index in [9.17, 15) is 4.79 Å². The Labute approximate surface area is 155 Å². The molecule has 0 aliphatic heterocycles. The molecular formula is C21H14ClN3O. The number of carbonyl (C=O) groups excluding carboxylic acids is 1. The summed E-state index contributed by atoms with van der Waals surface area (Å²) in [6.45, 7) is 0. The van der Waals surface area contributed by atoms with E-state index in [1.807, 2.05) is 42.5 Å². The average Bonchev–Trinajstić information content (AvgIpc) is 3.15. The van der Waals surface area contributed by atoms with Gasteiger partial charge in [0.25, 0.3) is 0 Å². The van der Waals surface area contributed by atoms with Crippen LogP contribution in [0.5, 0.6) is 0 Å². The van der Waals surface area contributed by atoms with Crippen molar-refractivity contribution in [3.8, 4) is 22.6 Å². The van der Waals surface area contributed by atoms with E-state index in [2.05, 4.69) is 15.0 Å². The van der Waals surface area contributed by atoms with Crippen LogP contribution in [0.2, 0.25) is 5.02 Å². The minimum absolute atomic E-state index is 0.131. The van der Waals surface area contributed by atoms with Gasteiger partial charge in [-0.05, 0) is 36.4 Å². The van der Waals surface area contributed by atoms with Crippen molar-refractivity contribution in [2.75, 3.05) is 0 Å². The van der Waals surface area contributed by atoms with Crippen LogP contribution in [0.25, 0.3) is 22.6 Å². The maximum Gasteiger partial charge on any atom is 0.213 e. The molecule has 0 aliphatic carbocycles. The van der Waals surface area contributed by atoms with Gasteiger partial charge in [-0.3, -0.25) is 9.78 Å². The smallest absolute Gasteiger partial charge is 0.213 e. The number of pyridine rings is 1. The summed E-state index contributed by atoms with van der Waals surface area (Å²) in [5, 5.41) is 0.648. The van der Waals surface area contributed by atoms with E-state index in [1.165, 1.54) is 0 Å². The van der Waals surface area contributed by atoms with Crippen molar-refractivity contribution in [1.29, 1.82) is 0 Å². The van der Waals surface area contributed by atoms with Gasteiger partial charge >= 0.3 is 0 Å². The molecule has 4 rings (SSSR count). The normalized spacial score (nSPS) is 10.7. The van der Waals surface area contributed by atoms with Crippen molar-refractivity contribution in [1.82, 2.24) is 15.0 Å². The standard InChI is InChI=1S/C21H14ClN3O/c22-17-8-6-16(7-9-17)21-24-18(14-10-12-23-13-11-14)19(25-21)20(26)15-4-2-1-3-5-15/h1-13H,(H,24,25). The van der Waals surface area contributed by atoms with Crippen molar-refractivity contribution >= 4 is 17.4 Å². The van der Waals surface area contributed by atoms with Crippen LogP contribution in [-0.4, -0.2) is 20.7 Å². The molecule has 4 aromatic rings. The Morgan fingerprint density at radius 1 is 0.846 bits per heavy atom. The Balaban J connectivity index is 1.86. The summed E-state index contributed by atoms with van der Waals surface area (Å²) in [6, 6.07) is 20.2. The molecule has 1 N–H and O–H groups in total. The van der Waals surface area contributed by atoms with E-state index in [4.69, 9.17) is 11.6 Å². The van der Waals surface area contributed by atoms with Gasteiger partial charge in [-0.15, -0.1) is 0 Å². The van der Waals surface area contributed by atoms with Crippen LogP contribution in [0.15, 0.2) is 79.1 Å². The van der Waals surface area contributed by atoms with Crippen molar-refractivity contribution in [3.05, 3.63) is 95.4 Å². The highest BCUT2D eigenvalue weighted by Crippen LogP contribution is 2.28. The van der Waals surface area contributed by atoms with Gasteiger partial charge in [0.05, 0.1) is 5.69 Å². The maximum absolute atomic E-state index is 13.0. The van der Waals surface area contributed by atoms with Crippen LogP contribution in [0, 0.1) is 0 Å². The van der Waals surface area contributed by atoms with Crippen molar-refractivity contribution in [3.63, 3.8) is 0 Å². The molecule has 0 fully saturated rings. The SMILES string of the molecule is O=C(c1ccccc1)c1nc(-c2ccc(Cl)cc2)[nH]c1-c1ccncc1. The predicted molar refractivity (Wildman–Crippen MR) is 102 cm³/mol. The lowest BCUT2D eigenvalue weighted by atomic mass is 10.0. The van der Waals surface area contributed by atoms with Gasteiger partial charge in [0.15, 0.2) is 0 Å². The molecule has 0 atom stereocenters. The number of hydrogen-bond acceptors (Lipinski definition) is 3. The number of aromatic amines is 1. The first-order chi connectivity index (χ1) is 12.7.